The second kappa shape index (κ2) is 5.78. The summed E-state index contributed by atoms with van der Waals surface area (Å²) < 4.78 is 15.8. The zero-order valence-electron chi connectivity index (χ0n) is 8.40. The number of carbonyl (C=O) groups is 1. The van der Waals surface area contributed by atoms with Crippen LogP contribution in [0.15, 0.2) is 24.2 Å². The normalized spacial score (nSPS) is 15.1. The molecule has 0 spiro atoms. The van der Waals surface area contributed by atoms with Crippen molar-refractivity contribution in [2.45, 2.75) is 20.3 Å². The van der Waals surface area contributed by atoms with Crippen LogP contribution in [0.5, 0.6) is 0 Å². The van der Waals surface area contributed by atoms with E-state index in [1.54, 1.807) is 6.92 Å². The minimum Gasteiger partial charge on any atom is -0.431 e. The van der Waals surface area contributed by atoms with Gasteiger partial charge in [-0.3, -0.25) is 4.57 Å². The molecule has 0 aromatic rings. The Morgan fingerprint density at radius 2 is 2.21 bits per heavy atom. The summed E-state index contributed by atoms with van der Waals surface area (Å²) in [6.45, 7) is 6.67. The van der Waals surface area contributed by atoms with E-state index in [4.69, 9.17) is 0 Å². The van der Waals surface area contributed by atoms with E-state index in [0.29, 0.717) is 6.42 Å². The molecule has 80 valence electrons. The van der Waals surface area contributed by atoms with Crippen LogP contribution < -0.4 is 0 Å². The largest absolute Gasteiger partial charge is 0.431 e. The number of hydrogen-bond donors (Lipinski definition) is 1. The number of ether oxygens (including phenoxy) is 1. The van der Waals surface area contributed by atoms with Gasteiger partial charge in [0.05, 0.1) is 0 Å². The van der Waals surface area contributed by atoms with E-state index in [1.165, 1.54) is 6.92 Å². The van der Waals surface area contributed by atoms with Crippen molar-refractivity contribution >= 4 is 13.3 Å². The fourth-order valence-corrected chi connectivity index (χ4v) is 1.72. The van der Waals surface area contributed by atoms with Gasteiger partial charge in [0.2, 0.25) is 7.37 Å². The first-order valence-electron chi connectivity index (χ1n) is 4.24. The predicted octanol–water partition coefficient (Wildman–Crippen LogP) is 2.26. The van der Waals surface area contributed by atoms with E-state index in [2.05, 4.69) is 11.3 Å². The van der Waals surface area contributed by atoms with Gasteiger partial charge >= 0.3 is 5.97 Å². The number of esters is 1. The van der Waals surface area contributed by atoms with Crippen LogP contribution in [0, 0.1) is 0 Å². The molecule has 0 rings (SSSR count). The Balaban J connectivity index is 4.12. The Hall–Kier alpha value is -0.860. The lowest BCUT2D eigenvalue weighted by molar-refractivity contribution is -0.133. The van der Waals surface area contributed by atoms with Gasteiger partial charge in [-0.2, -0.15) is 0 Å². The Morgan fingerprint density at radius 3 is 2.64 bits per heavy atom. The molecule has 1 N–H and O–H groups in total. The average Bonchev–Trinajstić information content (AvgIpc) is 2.03. The molecule has 14 heavy (non-hydrogen) atoms. The van der Waals surface area contributed by atoms with E-state index < -0.39 is 13.3 Å². The van der Waals surface area contributed by atoms with E-state index in [0.717, 1.165) is 12.1 Å². The molecule has 0 aliphatic rings. The third-order valence-electron chi connectivity index (χ3n) is 1.36. The maximum absolute atomic E-state index is 11.2. The lowest BCUT2D eigenvalue weighted by atomic mass is 10.4. The molecule has 0 heterocycles. The minimum absolute atomic E-state index is 0.189. The zero-order valence-corrected chi connectivity index (χ0v) is 9.29. The first kappa shape index (κ1) is 13.1. The summed E-state index contributed by atoms with van der Waals surface area (Å²) in [7, 11) is -3.27. The van der Waals surface area contributed by atoms with E-state index in [9.17, 15) is 14.3 Å². The molecular weight excluding hydrogens is 203 g/mol. The smallest absolute Gasteiger partial charge is 0.337 e. The van der Waals surface area contributed by atoms with Crippen molar-refractivity contribution in [1.29, 1.82) is 0 Å². The highest BCUT2D eigenvalue weighted by Gasteiger charge is 2.11. The number of rotatable bonds is 5. The molecule has 0 saturated heterocycles. The van der Waals surface area contributed by atoms with Gasteiger partial charge in [0, 0.05) is 17.6 Å². The lowest BCUT2D eigenvalue weighted by Gasteiger charge is -2.03. The molecule has 0 aromatic heterocycles. The molecule has 1 atom stereocenters. The van der Waals surface area contributed by atoms with Gasteiger partial charge in [-0.15, -0.1) is 0 Å². The molecule has 5 heteroatoms. The Kier molecular flexibility index (Phi) is 5.43. The predicted molar refractivity (Wildman–Crippen MR) is 55.0 cm³/mol. The summed E-state index contributed by atoms with van der Waals surface area (Å²) in [5.74, 6) is 0.426. The monoisotopic (exact) mass is 218 g/mol. The third kappa shape index (κ3) is 5.73. The van der Waals surface area contributed by atoms with Crippen LogP contribution in [-0.4, -0.2) is 17.0 Å². The Labute approximate surface area is 83.7 Å². The van der Waals surface area contributed by atoms with Gasteiger partial charge in [0.25, 0.3) is 0 Å². The fraction of sp³-hybridized carbons (Fsp3) is 0.444. The van der Waals surface area contributed by atoms with Gasteiger partial charge in [-0.25, -0.2) is 4.79 Å². The van der Waals surface area contributed by atoms with Crippen LogP contribution in [0.3, 0.4) is 0 Å². The van der Waals surface area contributed by atoms with Gasteiger partial charge < -0.3 is 9.63 Å². The van der Waals surface area contributed by atoms with E-state index in [1.807, 2.05) is 0 Å². The third-order valence-corrected chi connectivity index (χ3v) is 3.04. The van der Waals surface area contributed by atoms with E-state index >= 15 is 0 Å². The highest BCUT2D eigenvalue weighted by atomic mass is 31.2. The van der Waals surface area contributed by atoms with Crippen molar-refractivity contribution in [2.75, 3.05) is 6.16 Å². The SMILES string of the molecule is C=C(C)C(=O)OC=CP(=O)(O)CCC. The van der Waals surface area contributed by atoms with Crippen LogP contribution in [0.1, 0.15) is 20.3 Å². The van der Waals surface area contributed by atoms with Crippen molar-refractivity contribution < 1.29 is 19.0 Å². The van der Waals surface area contributed by atoms with Gasteiger partial charge in [0.15, 0.2) is 0 Å². The van der Waals surface area contributed by atoms with Crippen molar-refractivity contribution in [3.8, 4) is 0 Å². The average molecular weight is 218 g/mol. The van der Waals surface area contributed by atoms with Gasteiger partial charge in [0.1, 0.15) is 6.26 Å². The molecule has 0 aliphatic heterocycles. The second-order valence-electron chi connectivity index (χ2n) is 2.95. The van der Waals surface area contributed by atoms with Crippen molar-refractivity contribution in [3.63, 3.8) is 0 Å². The summed E-state index contributed by atoms with van der Waals surface area (Å²) in [6.07, 6.45) is 1.74. The lowest BCUT2D eigenvalue weighted by Crippen LogP contribution is -1.99. The van der Waals surface area contributed by atoms with Crippen LogP contribution in [-0.2, 0) is 14.1 Å². The molecule has 0 radical (unpaired) electrons. The molecular formula is C9H15O4P. The van der Waals surface area contributed by atoms with Crippen LogP contribution in [0.2, 0.25) is 0 Å². The molecule has 4 nitrogen and oxygen atoms in total. The van der Waals surface area contributed by atoms with Crippen LogP contribution in [0.4, 0.5) is 0 Å². The standard InChI is InChI=1S/C9H15O4P/c1-4-6-14(11,12)7-5-13-9(10)8(2)3/h5,7H,2,4,6H2,1,3H3,(H,11,12). The molecule has 0 amide bonds. The number of carbonyl (C=O) groups excluding carboxylic acids is 1. The quantitative estimate of drug-likeness (QED) is 0.332. The van der Waals surface area contributed by atoms with E-state index in [-0.39, 0.29) is 11.7 Å². The molecule has 0 saturated carbocycles. The molecule has 0 aromatic carbocycles. The summed E-state index contributed by atoms with van der Waals surface area (Å²) in [4.78, 5) is 20.1. The molecule has 1 unspecified atom stereocenters. The Morgan fingerprint density at radius 1 is 1.64 bits per heavy atom. The zero-order chi connectivity index (χ0) is 11.2. The Bertz CT molecular complexity index is 293. The van der Waals surface area contributed by atoms with Gasteiger partial charge in [-0.05, 0) is 13.3 Å². The summed E-state index contributed by atoms with van der Waals surface area (Å²) in [6, 6.07) is 0. The highest BCUT2D eigenvalue weighted by Crippen LogP contribution is 2.42. The molecule has 0 fully saturated rings. The summed E-state index contributed by atoms with van der Waals surface area (Å²) in [5.41, 5.74) is 0.248. The highest BCUT2D eigenvalue weighted by molar-refractivity contribution is 7.61. The van der Waals surface area contributed by atoms with Crippen molar-refractivity contribution in [2.24, 2.45) is 0 Å². The summed E-state index contributed by atoms with van der Waals surface area (Å²) in [5, 5.41) is 0. The maximum atomic E-state index is 11.2. The number of hydrogen-bond acceptors (Lipinski definition) is 3. The molecule has 0 aliphatic carbocycles. The summed E-state index contributed by atoms with van der Waals surface area (Å²) >= 11 is 0. The van der Waals surface area contributed by atoms with Crippen molar-refractivity contribution in [1.82, 2.24) is 0 Å². The first-order valence-corrected chi connectivity index (χ1v) is 6.16. The topological polar surface area (TPSA) is 63.6 Å². The fourth-order valence-electron chi connectivity index (χ4n) is 0.683. The maximum Gasteiger partial charge on any atom is 0.337 e. The van der Waals surface area contributed by atoms with Crippen LogP contribution in [0.25, 0.3) is 0 Å². The molecule has 0 bridgehead atoms. The first-order chi connectivity index (χ1) is 6.39. The second-order valence-corrected chi connectivity index (χ2v) is 5.21. The minimum atomic E-state index is -3.27. The van der Waals surface area contributed by atoms with Gasteiger partial charge in [-0.1, -0.05) is 13.5 Å². The van der Waals surface area contributed by atoms with Crippen molar-refractivity contribution in [3.05, 3.63) is 24.2 Å². The van der Waals surface area contributed by atoms with Crippen LogP contribution >= 0.6 is 7.37 Å².